The number of ether oxygens (including phenoxy) is 1. The Morgan fingerprint density at radius 3 is 3.06 bits per heavy atom. The molecule has 84 valence electrons. The molecule has 4 rings (SSSR count). The molecule has 3 fully saturated rings. The second-order valence-electron chi connectivity index (χ2n) is 5.97. The molecule has 0 bridgehead atoms. The average molecular weight is 218 g/mol. The summed E-state index contributed by atoms with van der Waals surface area (Å²) in [5.41, 5.74) is -0.628. The lowest BCUT2D eigenvalue weighted by atomic mass is 9.58. The minimum atomic E-state index is -0.405. The van der Waals surface area contributed by atoms with Crippen LogP contribution in [0.15, 0.2) is 12.2 Å². The summed E-state index contributed by atoms with van der Waals surface area (Å²) in [5, 5.41) is 0. The highest BCUT2D eigenvalue weighted by molar-refractivity contribution is 6.00. The van der Waals surface area contributed by atoms with Crippen LogP contribution in [0.5, 0.6) is 0 Å². The average Bonchev–Trinajstić information content (AvgIpc) is 2.91. The smallest absolute Gasteiger partial charge is 0.312 e. The molecule has 3 nitrogen and oxygen atoms in total. The minimum absolute atomic E-state index is 0.0911. The van der Waals surface area contributed by atoms with E-state index in [1.54, 1.807) is 12.2 Å². The molecule has 16 heavy (non-hydrogen) atoms. The van der Waals surface area contributed by atoms with Gasteiger partial charge in [-0.15, -0.1) is 0 Å². The second kappa shape index (κ2) is 2.27. The van der Waals surface area contributed by atoms with Gasteiger partial charge >= 0.3 is 5.97 Å². The zero-order valence-electron chi connectivity index (χ0n) is 9.23. The molecule has 0 N–H and O–H groups in total. The molecule has 4 aliphatic rings. The molecule has 1 saturated heterocycles. The van der Waals surface area contributed by atoms with Gasteiger partial charge in [-0.2, -0.15) is 0 Å². The van der Waals surface area contributed by atoms with Crippen molar-refractivity contribution >= 4 is 11.8 Å². The summed E-state index contributed by atoms with van der Waals surface area (Å²) in [6.45, 7) is 1.99. The number of allylic oxidation sites excluding steroid dienone is 1. The normalized spacial score (nSPS) is 56.7. The van der Waals surface area contributed by atoms with Gasteiger partial charge in [-0.05, 0) is 44.3 Å². The fraction of sp³-hybridized carbons (Fsp3) is 0.692. The van der Waals surface area contributed by atoms with Crippen molar-refractivity contribution in [2.75, 3.05) is 0 Å². The summed E-state index contributed by atoms with van der Waals surface area (Å²) >= 11 is 0. The number of hydrogen-bond donors (Lipinski definition) is 0. The molecule has 0 aromatic carbocycles. The van der Waals surface area contributed by atoms with E-state index in [0.29, 0.717) is 5.92 Å². The van der Waals surface area contributed by atoms with E-state index in [9.17, 15) is 9.59 Å². The summed E-state index contributed by atoms with van der Waals surface area (Å²) in [6, 6.07) is 0. The molecule has 1 aliphatic heterocycles. The van der Waals surface area contributed by atoms with Gasteiger partial charge in [0.1, 0.15) is 6.10 Å². The van der Waals surface area contributed by atoms with Crippen LogP contribution in [0.4, 0.5) is 0 Å². The molecule has 2 saturated carbocycles. The zero-order chi connectivity index (χ0) is 11.1. The number of carbonyl (C=O) groups is 2. The van der Waals surface area contributed by atoms with Gasteiger partial charge in [0.05, 0.1) is 5.41 Å². The lowest BCUT2D eigenvalue weighted by Crippen LogP contribution is -2.46. The third-order valence-electron chi connectivity index (χ3n) is 5.34. The Labute approximate surface area is 93.8 Å². The molecule has 0 aromatic heterocycles. The molecule has 0 unspecified atom stereocenters. The van der Waals surface area contributed by atoms with Crippen molar-refractivity contribution in [2.24, 2.45) is 22.7 Å². The van der Waals surface area contributed by atoms with Crippen molar-refractivity contribution in [1.82, 2.24) is 0 Å². The maximum absolute atomic E-state index is 12.1. The van der Waals surface area contributed by atoms with Gasteiger partial charge in [0.2, 0.25) is 0 Å². The lowest BCUT2D eigenvalue weighted by molar-refractivity contribution is -0.148. The minimum Gasteiger partial charge on any atom is -0.457 e. The predicted molar refractivity (Wildman–Crippen MR) is 55.4 cm³/mol. The molecule has 0 amide bonds. The highest BCUT2D eigenvalue weighted by Gasteiger charge is 2.76. The Bertz CT molecular complexity index is 452. The fourth-order valence-corrected chi connectivity index (χ4v) is 4.44. The zero-order valence-corrected chi connectivity index (χ0v) is 9.23. The highest BCUT2D eigenvalue weighted by atomic mass is 16.6. The van der Waals surface area contributed by atoms with Crippen LogP contribution in [-0.4, -0.2) is 17.9 Å². The topological polar surface area (TPSA) is 43.4 Å². The van der Waals surface area contributed by atoms with Crippen molar-refractivity contribution in [3.05, 3.63) is 12.2 Å². The highest BCUT2D eigenvalue weighted by Crippen LogP contribution is 2.73. The Balaban J connectivity index is 1.93. The van der Waals surface area contributed by atoms with Crippen LogP contribution < -0.4 is 0 Å². The van der Waals surface area contributed by atoms with E-state index >= 15 is 0 Å². The van der Waals surface area contributed by atoms with E-state index in [-0.39, 0.29) is 29.2 Å². The molecular weight excluding hydrogens is 204 g/mol. The Morgan fingerprint density at radius 2 is 2.25 bits per heavy atom. The first-order valence-corrected chi connectivity index (χ1v) is 6.03. The van der Waals surface area contributed by atoms with Gasteiger partial charge in [-0.3, -0.25) is 9.59 Å². The Kier molecular flexibility index (Phi) is 1.27. The largest absolute Gasteiger partial charge is 0.457 e. The summed E-state index contributed by atoms with van der Waals surface area (Å²) in [4.78, 5) is 24.1. The first-order valence-electron chi connectivity index (χ1n) is 6.03. The van der Waals surface area contributed by atoms with E-state index in [0.717, 1.165) is 19.3 Å². The molecule has 5 atom stereocenters. The molecule has 1 spiro atoms. The van der Waals surface area contributed by atoms with Crippen LogP contribution in [0.3, 0.4) is 0 Å². The number of carbonyl (C=O) groups excluding carboxylic acids is 2. The van der Waals surface area contributed by atoms with E-state index < -0.39 is 5.41 Å². The maximum atomic E-state index is 12.1. The molecule has 3 aliphatic carbocycles. The molecule has 0 aromatic rings. The number of esters is 1. The van der Waals surface area contributed by atoms with Gasteiger partial charge < -0.3 is 4.74 Å². The molecule has 1 heterocycles. The Morgan fingerprint density at radius 1 is 1.44 bits per heavy atom. The molecular formula is C13H14O3. The summed E-state index contributed by atoms with van der Waals surface area (Å²) in [7, 11) is 0. The van der Waals surface area contributed by atoms with Crippen molar-refractivity contribution in [3.8, 4) is 0 Å². The van der Waals surface area contributed by atoms with E-state index in [2.05, 4.69) is 0 Å². The van der Waals surface area contributed by atoms with Gasteiger partial charge in [0.25, 0.3) is 0 Å². The first-order chi connectivity index (χ1) is 7.59. The van der Waals surface area contributed by atoms with E-state index in [1.165, 1.54) is 0 Å². The van der Waals surface area contributed by atoms with E-state index in [1.807, 2.05) is 6.92 Å². The van der Waals surface area contributed by atoms with Gasteiger partial charge in [-0.25, -0.2) is 0 Å². The summed E-state index contributed by atoms with van der Waals surface area (Å²) in [6.07, 6.45) is 6.17. The SMILES string of the molecule is C[C@@]12CC[C@@H]3C[C@@]34C(=O)C=C[C@@H](OC1=O)[C@H]42. The maximum Gasteiger partial charge on any atom is 0.312 e. The van der Waals surface area contributed by atoms with Gasteiger partial charge in [-0.1, -0.05) is 0 Å². The lowest BCUT2D eigenvalue weighted by Gasteiger charge is -2.40. The van der Waals surface area contributed by atoms with E-state index in [4.69, 9.17) is 4.74 Å². The number of rotatable bonds is 0. The van der Waals surface area contributed by atoms with Crippen LogP contribution in [0, 0.1) is 22.7 Å². The monoisotopic (exact) mass is 218 g/mol. The number of ketones is 1. The van der Waals surface area contributed by atoms with Crippen molar-refractivity contribution in [1.29, 1.82) is 0 Å². The number of hydrogen-bond acceptors (Lipinski definition) is 3. The quantitative estimate of drug-likeness (QED) is 0.578. The fourth-order valence-electron chi connectivity index (χ4n) is 4.44. The van der Waals surface area contributed by atoms with Crippen LogP contribution in [0.25, 0.3) is 0 Å². The second-order valence-corrected chi connectivity index (χ2v) is 5.97. The van der Waals surface area contributed by atoms with Crippen LogP contribution in [-0.2, 0) is 14.3 Å². The van der Waals surface area contributed by atoms with Gasteiger partial charge in [0, 0.05) is 11.3 Å². The summed E-state index contributed by atoms with van der Waals surface area (Å²) < 4.78 is 5.44. The first kappa shape index (κ1) is 8.97. The predicted octanol–water partition coefficient (Wildman–Crippen LogP) is 1.47. The van der Waals surface area contributed by atoms with Crippen molar-refractivity contribution < 1.29 is 14.3 Å². The Hall–Kier alpha value is -1.12. The van der Waals surface area contributed by atoms with Crippen LogP contribution in [0.2, 0.25) is 0 Å². The van der Waals surface area contributed by atoms with Crippen molar-refractivity contribution in [3.63, 3.8) is 0 Å². The molecule has 0 radical (unpaired) electrons. The van der Waals surface area contributed by atoms with Gasteiger partial charge in [0.15, 0.2) is 5.78 Å². The van der Waals surface area contributed by atoms with Crippen molar-refractivity contribution in [2.45, 2.75) is 32.3 Å². The third-order valence-corrected chi connectivity index (χ3v) is 5.34. The van der Waals surface area contributed by atoms with Crippen LogP contribution >= 0.6 is 0 Å². The third kappa shape index (κ3) is 0.702. The summed E-state index contributed by atoms with van der Waals surface area (Å²) in [5.74, 6) is 0.776. The molecule has 3 heteroatoms. The standard InChI is InChI=1S/C13H14O3/c1-12-5-4-7-6-13(7)9(14)3-2-8(10(12)13)16-11(12)15/h2-3,7-8,10H,4-6H2,1H3/t7-,8-,10+,12+,13+/m1/s1. The van der Waals surface area contributed by atoms with Crippen LogP contribution in [0.1, 0.15) is 26.2 Å².